The third-order valence-electron chi connectivity index (χ3n) is 5.91. The van der Waals surface area contributed by atoms with Gasteiger partial charge in [-0.15, -0.1) is 5.10 Å². The van der Waals surface area contributed by atoms with E-state index in [0.717, 1.165) is 23.9 Å². The summed E-state index contributed by atoms with van der Waals surface area (Å²) < 4.78 is 53.1. The largest absolute Gasteiger partial charge is 0.463 e. The first-order chi connectivity index (χ1) is 19.5. The third-order valence-corrected chi connectivity index (χ3v) is 7.88. The summed E-state index contributed by atoms with van der Waals surface area (Å²) in [5.41, 5.74) is -0.603. The standard InChI is InChI=1S/C25H21BrClF2N5O6S/c1-11(35)38-10-19-23(39-12(2)36)22(34-9-18(32-33-34)13-4-15(28)21(27)16(29)5-13)24(37-3)25(40-19)41-20-6-14(26)8-31-17(20)7-30/h4-6,8-9,19,22-25H,10H2,1-3H3/t19?,22?,23-,24?,25+/m0/s1. The molecule has 3 unspecified atom stereocenters. The number of methoxy groups -OCH3 is 1. The van der Waals surface area contributed by atoms with Gasteiger partial charge < -0.3 is 18.9 Å². The Morgan fingerprint density at radius 1 is 1.22 bits per heavy atom. The average molecular weight is 673 g/mol. The number of benzene rings is 1. The normalized spacial score (nSPS) is 22.1. The first-order valence-corrected chi connectivity index (χ1v) is 13.8. The smallest absolute Gasteiger partial charge is 0.303 e. The number of nitrogens with zero attached hydrogens (tertiary/aromatic N) is 5. The van der Waals surface area contributed by atoms with Gasteiger partial charge in [0.25, 0.3) is 0 Å². The first-order valence-electron chi connectivity index (χ1n) is 11.8. The summed E-state index contributed by atoms with van der Waals surface area (Å²) in [5, 5.41) is 17.1. The lowest BCUT2D eigenvalue weighted by molar-refractivity contribution is -0.208. The minimum absolute atomic E-state index is 0.0574. The maximum Gasteiger partial charge on any atom is 0.303 e. The molecule has 1 fully saturated rings. The molecule has 1 aromatic carbocycles. The molecule has 3 aromatic rings. The van der Waals surface area contributed by atoms with E-state index in [1.54, 1.807) is 6.07 Å². The number of esters is 2. The Labute approximate surface area is 250 Å². The highest BCUT2D eigenvalue weighted by atomic mass is 79.9. The number of carbonyl (C=O) groups is 2. The maximum atomic E-state index is 14.2. The van der Waals surface area contributed by atoms with Crippen LogP contribution in [0.4, 0.5) is 8.78 Å². The van der Waals surface area contributed by atoms with Crippen molar-refractivity contribution in [2.24, 2.45) is 0 Å². The topological polar surface area (TPSA) is 138 Å². The van der Waals surface area contributed by atoms with Crippen molar-refractivity contribution < 1.29 is 37.3 Å². The van der Waals surface area contributed by atoms with Crippen molar-refractivity contribution in [1.29, 1.82) is 5.26 Å². The van der Waals surface area contributed by atoms with Crippen LogP contribution in [0.1, 0.15) is 25.6 Å². The minimum Gasteiger partial charge on any atom is -0.463 e. The molecule has 216 valence electrons. The summed E-state index contributed by atoms with van der Waals surface area (Å²) in [6.45, 7) is 2.11. The second-order valence-electron chi connectivity index (χ2n) is 8.68. The molecule has 1 aliphatic heterocycles. The highest BCUT2D eigenvalue weighted by Gasteiger charge is 2.50. The lowest BCUT2D eigenvalue weighted by Gasteiger charge is -2.44. The van der Waals surface area contributed by atoms with Gasteiger partial charge in [-0.25, -0.2) is 18.4 Å². The van der Waals surface area contributed by atoms with Crippen molar-refractivity contribution in [3.63, 3.8) is 0 Å². The summed E-state index contributed by atoms with van der Waals surface area (Å²) in [7, 11) is 1.40. The van der Waals surface area contributed by atoms with Gasteiger partial charge in [0.1, 0.15) is 58.7 Å². The molecule has 0 bridgehead atoms. The van der Waals surface area contributed by atoms with Crippen LogP contribution in [-0.2, 0) is 28.5 Å². The molecule has 1 saturated heterocycles. The molecule has 0 amide bonds. The maximum absolute atomic E-state index is 14.2. The lowest BCUT2D eigenvalue weighted by atomic mass is 9.96. The van der Waals surface area contributed by atoms with Crippen LogP contribution in [0.15, 0.2) is 40.0 Å². The van der Waals surface area contributed by atoms with Gasteiger partial charge in [0.2, 0.25) is 0 Å². The molecule has 11 nitrogen and oxygen atoms in total. The fourth-order valence-corrected chi connectivity index (χ4v) is 6.04. The van der Waals surface area contributed by atoms with E-state index in [4.69, 9.17) is 30.5 Å². The van der Waals surface area contributed by atoms with Crippen LogP contribution in [0.25, 0.3) is 11.3 Å². The van der Waals surface area contributed by atoms with Crippen molar-refractivity contribution in [3.8, 4) is 17.3 Å². The summed E-state index contributed by atoms with van der Waals surface area (Å²) in [5.74, 6) is -3.22. The van der Waals surface area contributed by atoms with Crippen molar-refractivity contribution in [2.45, 2.75) is 48.5 Å². The third kappa shape index (κ3) is 7.02. The molecule has 2 aromatic heterocycles. The van der Waals surface area contributed by atoms with E-state index >= 15 is 0 Å². The van der Waals surface area contributed by atoms with E-state index in [2.05, 4.69) is 31.2 Å². The highest BCUT2D eigenvalue weighted by molar-refractivity contribution is 9.10. The van der Waals surface area contributed by atoms with E-state index < -0.39 is 58.4 Å². The van der Waals surface area contributed by atoms with Crippen molar-refractivity contribution in [1.82, 2.24) is 20.0 Å². The number of thioether (sulfide) groups is 1. The molecular formula is C25H21BrClF2N5O6S. The van der Waals surface area contributed by atoms with Gasteiger partial charge in [0.05, 0.1) is 6.20 Å². The first kappa shape index (κ1) is 30.8. The second kappa shape index (κ2) is 13.2. The van der Waals surface area contributed by atoms with E-state index in [9.17, 15) is 23.6 Å². The Morgan fingerprint density at radius 2 is 1.93 bits per heavy atom. The number of nitriles is 1. The number of aromatic nitrogens is 4. The van der Waals surface area contributed by atoms with Gasteiger partial charge in [-0.1, -0.05) is 28.6 Å². The molecule has 1 aliphatic rings. The van der Waals surface area contributed by atoms with Crippen LogP contribution in [0.5, 0.6) is 0 Å². The molecule has 16 heteroatoms. The van der Waals surface area contributed by atoms with Crippen LogP contribution >= 0.6 is 39.3 Å². The van der Waals surface area contributed by atoms with Gasteiger partial charge in [-0.05, 0) is 34.1 Å². The Morgan fingerprint density at radius 3 is 2.54 bits per heavy atom. The summed E-state index contributed by atoms with van der Waals surface area (Å²) in [6.07, 6.45) is -0.164. The van der Waals surface area contributed by atoms with Gasteiger partial charge in [0.15, 0.2) is 11.8 Å². The molecule has 3 heterocycles. The van der Waals surface area contributed by atoms with E-state index in [1.165, 1.54) is 38.0 Å². The SMILES string of the molecule is COC1C(n2cc(-c3cc(F)c(Cl)c(F)c3)nn2)[C@@H](OC(C)=O)C(COC(C)=O)O[C@@H]1Sc1cc(Br)cnc1C#N. The molecular weight excluding hydrogens is 652 g/mol. The van der Waals surface area contributed by atoms with Crippen LogP contribution < -0.4 is 0 Å². The predicted molar refractivity (Wildman–Crippen MR) is 144 cm³/mol. The fraction of sp³-hybridized carbons (Fsp3) is 0.360. The number of halogens is 4. The van der Waals surface area contributed by atoms with Gasteiger partial charge in [0, 0.05) is 42.1 Å². The zero-order valence-corrected chi connectivity index (χ0v) is 24.7. The van der Waals surface area contributed by atoms with Crippen molar-refractivity contribution in [3.05, 3.63) is 57.4 Å². The molecule has 5 atom stereocenters. The number of hydrogen-bond acceptors (Lipinski definition) is 11. The molecule has 4 rings (SSSR count). The Bertz CT molecular complexity index is 1480. The number of rotatable bonds is 8. The van der Waals surface area contributed by atoms with Crippen LogP contribution in [0.3, 0.4) is 0 Å². The van der Waals surface area contributed by atoms with E-state index in [-0.39, 0.29) is 23.6 Å². The van der Waals surface area contributed by atoms with Crippen LogP contribution in [0, 0.1) is 23.0 Å². The number of ether oxygens (including phenoxy) is 4. The fourth-order valence-electron chi connectivity index (χ4n) is 4.19. The highest BCUT2D eigenvalue weighted by Crippen LogP contribution is 2.42. The predicted octanol–water partition coefficient (Wildman–Crippen LogP) is 4.47. The van der Waals surface area contributed by atoms with E-state index in [0.29, 0.717) is 9.37 Å². The van der Waals surface area contributed by atoms with E-state index in [1.807, 2.05) is 6.07 Å². The monoisotopic (exact) mass is 671 g/mol. The zero-order valence-electron chi connectivity index (χ0n) is 21.6. The number of pyridine rings is 1. The van der Waals surface area contributed by atoms with Crippen LogP contribution in [-0.4, -0.2) is 69.4 Å². The van der Waals surface area contributed by atoms with Crippen molar-refractivity contribution in [2.75, 3.05) is 13.7 Å². The molecule has 41 heavy (non-hydrogen) atoms. The Balaban J connectivity index is 1.80. The Hall–Kier alpha value is -3.16. The average Bonchev–Trinajstić information content (AvgIpc) is 3.40. The van der Waals surface area contributed by atoms with Gasteiger partial charge in [-0.2, -0.15) is 5.26 Å². The zero-order chi connectivity index (χ0) is 29.8. The quantitative estimate of drug-likeness (QED) is 0.247. The summed E-state index contributed by atoms with van der Waals surface area (Å²) >= 11 is 10.1. The second-order valence-corrected chi connectivity index (χ2v) is 11.1. The lowest BCUT2D eigenvalue weighted by Crippen LogP contribution is -2.57. The molecule has 0 radical (unpaired) electrons. The number of hydrogen-bond donors (Lipinski definition) is 0. The molecule has 0 aliphatic carbocycles. The molecule has 0 spiro atoms. The molecule has 0 N–H and O–H groups in total. The minimum atomic E-state index is -1.11. The van der Waals surface area contributed by atoms with Crippen LogP contribution in [0.2, 0.25) is 5.02 Å². The van der Waals surface area contributed by atoms with Gasteiger partial charge >= 0.3 is 11.9 Å². The van der Waals surface area contributed by atoms with Gasteiger partial charge in [-0.3, -0.25) is 9.59 Å². The Kier molecular flexibility index (Phi) is 9.92. The summed E-state index contributed by atoms with van der Waals surface area (Å²) in [4.78, 5) is 28.4. The number of carbonyl (C=O) groups excluding carboxylic acids is 2. The molecule has 0 saturated carbocycles. The summed E-state index contributed by atoms with van der Waals surface area (Å²) in [6, 6.07) is 4.77. The van der Waals surface area contributed by atoms with Crippen molar-refractivity contribution >= 4 is 51.2 Å².